The van der Waals surface area contributed by atoms with E-state index in [9.17, 15) is 9.59 Å². The molecule has 21 heavy (non-hydrogen) atoms. The summed E-state index contributed by atoms with van der Waals surface area (Å²) >= 11 is 7.14. The molecule has 0 fully saturated rings. The third kappa shape index (κ3) is 4.58. The minimum atomic E-state index is -0.213. The van der Waals surface area contributed by atoms with Crippen LogP contribution in [-0.4, -0.2) is 22.4 Å². The first-order chi connectivity index (χ1) is 10.1. The molecule has 1 aromatic carbocycles. The molecule has 1 N–H and O–H groups in total. The van der Waals surface area contributed by atoms with Gasteiger partial charge in [-0.25, -0.2) is 4.98 Å². The fraction of sp³-hybridized carbons (Fsp3) is 0.133. The number of thioether (sulfide) groups is 1. The van der Waals surface area contributed by atoms with Crippen molar-refractivity contribution < 1.29 is 9.59 Å². The monoisotopic (exact) mass is 320 g/mol. The van der Waals surface area contributed by atoms with Crippen LogP contribution in [0, 0.1) is 0 Å². The smallest absolute Gasteiger partial charge is 0.221 e. The summed E-state index contributed by atoms with van der Waals surface area (Å²) in [6, 6.07) is 10.7. The van der Waals surface area contributed by atoms with E-state index in [4.69, 9.17) is 11.6 Å². The fourth-order valence-electron chi connectivity index (χ4n) is 1.66. The average Bonchev–Trinajstić information content (AvgIpc) is 2.46. The van der Waals surface area contributed by atoms with Crippen molar-refractivity contribution in [3.8, 4) is 0 Å². The molecule has 108 valence electrons. The summed E-state index contributed by atoms with van der Waals surface area (Å²) in [6.07, 6.45) is 1.49. The Morgan fingerprint density at radius 1 is 1.29 bits per heavy atom. The van der Waals surface area contributed by atoms with Gasteiger partial charge in [-0.05, 0) is 6.07 Å². The maximum absolute atomic E-state index is 12.1. The van der Waals surface area contributed by atoms with Crippen LogP contribution >= 0.6 is 23.4 Å². The van der Waals surface area contributed by atoms with E-state index in [0.717, 1.165) is 0 Å². The van der Waals surface area contributed by atoms with Crippen molar-refractivity contribution in [1.82, 2.24) is 4.98 Å². The normalized spacial score (nSPS) is 10.2. The second-order valence-electron chi connectivity index (χ2n) is 4.27. The number of nitrogens with one attached hydrogen (secondary N) is 1. The zero-order chi connectivity index (χ0) is 15.2. The van der Waals surface area contributed by atoms with Gasteiger partial charge in [-0.3, -0.25) is 9.59 Å². The first-order valence-electron chi connectivity index (χ1n) is 6.20. The van der Waals surface area contributed by atoms with E-state index < -0.39 is 0 Å². The van der Waals surface area contributed by atoms with Crippen LogP contribution in [0.3, 0.4) is 0 Å². The number of carbonyl (C=O) groups is 2. The van der Waals surface area contributed by atoms with Gasteiger partial charge in [0.15, 0.2) is 5.78 Å². The SMILES string of the molecule is CC(=O)Nc1cc(Cl)cnc1SCC(=O)c1ccccc1. The standard InChI is InChI=1S/C15H13ClN2O2S/c1-10(19)18-13-7-12(16)8-17-15(13)21-9-14(20)11-5-3-2-4-6-11/h2-8H,9H2,1H3,(H,18,19). The lowest BCUT2D eigenvalue weighted by atomic mass is 10.2. The Kier molecular flexibility index (Phi) is 5.36. The highest BCUT2D eigenvalue weighted by molar-refractivity contribution is 8.00. The number of pyridine rings is 1. The van der Waals surface area contributed by atoms with Gasteiger partial charge in [0.25, 0.3) is 0 Å². The summed E-state index contributed by atoms with van der Waals surface area (Å²) in [6.45, 7) is 1.41. The highest BCUT2D eigenvalue weighted by atomic mass is 35.5. The molecule has 0 saturated carbocycles. The van der Waals surface area contributed by atoms with E-state index in [1.807, 2.05) is 18.2 Å². The quantitative estimate of drug-likeness (QED) is 0.674. The molecular formula is C15H13ClN2O2S. The van der Waals surface area contributed by atoms with Crippen molar-refractivity contribution >= 4 is 40.7 Å². The molecule has 0 radical (unpaired) electrons. The average molecular weight is 321 g/mol. The lowest BCUT2D eigenvalue weighted by Gasteiger charge is -2.08. The highest BCUT2D eigenvalue weighted by Crippen LogP contribution is 2.28. The molecule has 6 heteroatoms. The number of ketones is 1. The molecule has 0 unspecified atom stereocenters. The second kappa shape index (κ2) is 7.24. The number of Topliss-reactive ketones (excluding diaryl/α,β-unsaturated/α-hetero) is 1. The number of rotatable bonds is 5. The Bertz CT molecular complexity index is 662. The molecule has 1 heterocycles. The molecule has 0 aliphatic heterocycles. The number of halogens is 1. The van der Waals surface area contributed by atoms with Crippen LogP contribution in [-0.2, 0) is 4.79 Å². The van der Waals surface area contributed by atoms with Crippen molar-refractivity contribution in [2.75, 3.05) is 11.1 Å². The predicted molar refractivity (Wildman–Crippen MR) is 85.0 cm³/mol. The van der Waals surface area contributed by atoms with Crippen LogP contribution in [0.5, 0.6) is 0 Å². The van der Waals surface area contributed by atoms with E-state index in [0.29, 0.717) is 21.3 Å². The summed E-state index contributed by atoms with van der Waals surface area (Å²) < 4.78 is 0. The fourth-order valence-corrected chi connectivity index (χ4v) is 2.65. The Hall–Kier alpha value is -1.85. The number of aromatic nitrogens is 1. The van der Waals surface area contributed by atoms with Crippen LogP contribution < -0.4 is 5.32 Å². The number of nitrogens with zero attached hydrogens (tertiary/aromatic N) is 1. The number of hydrogen-bond donors (Lipinski definition) is 1. The van der Waals surface area contributed by atoms with Gasteiger partial charge >= 0.3 is 0 Å². The van der Waals surface area contributed by atoms with Crippen LogP contribution in [0.25, 0.3) is 0 Å². The number of hydrogen-bond acceptors (Lipinski definition) is 4. The Morgan fingerprint density at radius 2 is 2.00 bits per heavy atom. The molecule has 0 bridgehead atoms. The summed E-state index contributed by atoms with van der Waals surface area (Å²) in [5.41, 5.74) is 1.17. The third-order valence-electron chi connectivity index (χ3n) is 2.56. The van der Waals surface area contributed by atoms with E-state index in [-0.39, 0.29) is 17.4 Å². The predicted octanol–water partition coefficient (Wildman–Crippen LogP) is 3.67. The molecule has 2 rings (SSSR count). The summed E-state index contributed by atoms with van der Waals surface area (Å²) in [5.74, 6) is 0.0343. The van der Waals surface area contributed by atoms with Crippen LogP contribution in [0.15, 0.2) is 47.6 Å². The van der Waals surface area contributed by atoms with Crippen molar-refractivity contribution in [3.63, 3.8) is 0 Å². The number of amides is 1. The maximum atomic E-state index is 12.1. The van der Waals surface area contributed by atoms with Gasteiger partial charge in [-0.15, -0.1) is 0 Å². The summed E-state index contributed by atoms with van der Waals surface area (Å²) in [4.78, 5) is 27.4. The maximum Gasteiger partial charge on any atom is 0.221 e. The van der Waals surface area contributed by atoms with Crippen LogP contribution in [0.2, 0.25) is 5.02 Å². The minimum absolute atomic E-state index is 0.00567. The van der Waals surface area contributed by atoms with E-state index in [2.05, 4.69) is 10.3 Å². The van der Waals surface area contributed by atoms with Crippen LogP contribution in [0.4, 0.5) is 5.69 Å². The van der Waals surface area contributed by atoms with Gasteiger partial charge in [-0.2, -0.15) is 0 Å². The minimum Gasteiger partial charge on any atom is -0.324 e. The van der Waals surface area contributed by atoms with E-state index in [1.165, 1.54) is 24.9 Å². The molecule has 2 aromatic rings. The zero-order valence-electron chi connectivity index (χ0n) is 11.3. The molecule has 0 saturated heterocycles. The van der Waals surface area contributed by atoms with Crippen molar-refractivity contribution in [2.24, 2.45) is 0 Å². The molecular weight excluding hydrogens is 308 g/mol. The lowest BCUT2D eigenvalue weighted by molar-refractivity contribution is -0.114. The van der Waals surface area contributed by atoms with Crippen molar-refractivity contribution in [2.45, 2.75) is 11.9 Å². The molecule has 1 amide bonds. The first kappa shape index (κ1) is 15.5. The molecule has 0 aliphatic carbocycles. The first-order valence-corrected chi connectivity index (χ1v) is 7.57. The Labute approximate surface area is 131 Å². The zero-order valence-corrected chi connectivity index (χ0v) is 12.9. The third-order valence-corrected chi connectivity index (χ3v) is 3.78. The van der Waals surface area contributed by atoms with Gasteiger partial charge in [-0.1, -0.05) is 53.7 Å². The van der Waals surface area contributed by atoms with E-state index in [1.54, 1.807) is 18.2 Å². The lowest BCUT2D eigenvalue weighted by Crippen LogP contribution is -2.08. The van der Waals surface area contributed by atoms with Crippen molar-refractivity contribution in [1.29, 1.82) is 0 Å². The van der Waals surface area contributed by atoms with Crippen LogP contribution in [0.1, 0.15) is 17.3 Å². The van der Waals surface area contributed by atoms with Gasteiger partial charge in [0, 0.05) is 18.7 Å². The van der Waals surface area contributed by atoms with Gasteiger partial charge < -0.3 is 5.32 Å². The molecule has 4 nitrogen and oxygen atoms in total. The van der Waals surface area contributed by atoms with E-state index >= 15 is 0 Å². The molecule has 0 spiro atoms. The highest BCUT2D eigenvalue weighted by Gasteiger charge is 2.11. The molecule has 0 atom stereocenters. The largest absolute Gasteiger partial charge is 0.324 e. The van der Waals surface area contributed by atoms with Crippen molar-refractivity contribution in [3.05, 3.63) is 53.2 Å². The van der Waals surface area contributed by atoms with Gasteiger partial charge in [0.1, 0.15) is 5.03 Å². The Balaban J connectivity index is 2.09. The van der Waals surface area contributed by atoms with Gasteiger partial charge in [0.2, 0.25) is 5.91 Å². The summed E-state index contributed by atoms with van der Waals surface area (Å²) in [7, 11) is 0. The second-order valence-corrected chi connectivity index (χ2v) is 5.67. The Morgan fingerprint density at radius 3 is 2.67 bits per heavy atom. The molecule has 0 aliphatic rings. The number of benzene rings is 1. The topological polar surface area (TPSA) is 59.1 Å². The molecule has 1 aromatic heterocycles. The summed E-state index contributed by atoms with van der Waals surface area (Å²) in [5, 5.41) is 3.66. The van der Waals surface area contributed by atoms with Gasteiger partial charge in [0.05, 0.1) is 16.5 Å². The number of anilines is 1. The number of carbonyl (C=O) groups excluding carboxylic acids is 2.